The number of aliphatic hydroxyl groups is 2. The molecule has 0 radical (unpaired) electrons. The molecule has 18 nitrogen and oxygen atoms in total. The molecule has 10 aromatic rings. The average molecular weight is 1040 g/mol. The third-order valence-corrected chi connectivity index (χ3v) is 14.8. The van der Waals surface area contributed by atoms with Crippen LogP contribution in [0.1, 0.15) is 95.3 Å². The number of hydrogen-bond donors (Lipinski definition) is 6. The maximum absolute atomic E-state index is 13.0. The summed E-state index contributed by atoms with van der Waals surface area (Å²) in [4.78, 5) is 60.5. The molecule has 2 aliphatic carbocycles. The van der Waals surface area contributed by atoms with Gasteiger partial charge in [0.2, 0.25) is 0 Å². The lowest BCUT2D eigenvalue weighted by atomic mass is 9.85. The van der Waals surface area contributed by atoms with Crippen LogP contribution in [0, 0.1) is 0 Å². The Balaban J connectivity index is 0.000000165. The molecule has 2 amide bonds. The van der Waals surface area contributed by atoms with E-state index in [0.717, 1.165) is 96.0 Å². The van der Waals surface area contributed by atoms with E-state index in [4.69, 9.17) is 11.5 Å². The molecule has 2 fully saturated rings. The van der Waals surface area contributed by atoms with Crippen molar-refractivity contribution in [3.8, 4) is 33.6 Å². The number of nitrogens with one attached hydrogen (secondary N) is 2. The molecule has 4 aromatic carbocycles. The Bertz CT molecular complexity index is 3660. The molecule has 2 aliphatic rings. The highest BCUT2D eigenvalue weighted by atomic mass is 16.3. The van der Waals surface area contributed by atoms with Crippen LogP contribution in [-0.4, -0.2) is 72.6 Å². The molecule has 0 unspecified atom stereocenters. The normalized spacial score (nSPS) is 17.3. The monoisotopic (exact) mass is 1040 g/mol. The van der Waals surface area contributed by atoms with Crippen LogP contribution >= 0.6 is 0 Å². The number of fused-ring (bicyclic) bond motifs is 2. The standard InChI is InChI=1S/2C30H28N6O3/c2*31-28-27-25(17-26(36(27)33-18-32-28)20-10-14-23(37)15-11-20)19-8-12-21(13-9-19)34-29(38)24-7-4-16-35(30(24)39)22-5-2-1-3-6-22/h2*1-9,12-13,16-18,20,23,37H,10-11,14-15H2,(H,34,38)(H2,31,32,33). The maximum Gasteiger partial charge on any atom is 0.267 e. The summed E-state index contributed by atoms with van der Waals surface area (Å²) in [5.74, 6) is 0.358. The number of carbonyl (C=O) groups excluding carboxylic acids is 2. The lowest BCUT2D eigenvalue weighted by Gasteiger charge is -2.24. The molecular formula is C60H56N12O6. The zero-order valence-electron chi connectivity index (χ0n) is 42.4. The Morgan fingerprint density at radius 2 is 0.859 bits per heavy atom. The fourth-order valence-electron chi connectivity index (χ4n) is 10.7. The van der Waals surface area contributed by atoms with Gasteiger partial charge in [-0.2, -0.15) is 10.2 Å². The molecule has 2 saturated carbocycles. The zero-order chi connectivity index (χ0) is 53.9. The maximum atomic E-state index is 13.0. The smallest absolute Gasteiger partial charge is 0.267 e. The second kappa shape index (κ2) is 22.0. The average Bonchev–Trinajstić information content (AvgIpc) is 4.20. The summed E-state index contributed by atoms with van der Waals surface area (Å²) in [6.07, 6.45) is 12.3. The minimum absolute atomic E-state index is 0.0519. The molecule has 12 rings (SSSR count). The zero-order valence-corrected chi connectivity index (χ0v) is 42.4. The Morgan fingerprint density at radius 1 is 0.487 bits per heavy atom. The molecule has 18 heteroatoms. The van der Waals surface area contributed by atoms with Crippen molar-refractivity contribution in [2.75, 3.05) is 22.1 Å². The first-order valence-electron chi connectivity index (χ1n) is 26.0. The first-order valence-corrected chi connectivity index (χ1v) is 26.0. The van der Waals surface area contributed by atoms with Crippen LogP contribution < -0.4 is 33.2 Å². The number of carbonyl (C=O) groups is 2. The van der Waals surface area contributed by atoms with Gasteiger partial charge in [-0.25, -0.2) is 19.0 Å². The largest absolute Gasteiger partial charge is 0.393 e. The van der Waals surface area contributed by atoms with Crippen LogP contribution in [0.5, 0.6) is 0 Å². The van der Waals surface area contributed by atoms with Gasteiger partial charge in [0.15, 0.2) is 11.6 Å². The van der Waals surface area contributed by atoms with Crippen molar-refractivity contribution < 1.29 is 19.8 Å². The fraction of sp³-hybridized carbons (Fsp3) is 0.200. The van der Waals surface area contributed by atoms with E-state index in [1.807, 2.05) is 94.0 Å². The van der Waals surface area contributed by atoms with Gasteiger partial charge in [0.25, 0.3) is 22.9 Å². The summed E-state index contributed by atoms with van der Waals surface area (Å²) in [5, 5.41) is 34.6. The van der Waals surface area contributed by atoms with Crippen LogP contribution in [0.15, 0.2) is 180 Å². The van der Waals surface area contributed by atoms with Gasteiger partial charge in [-0.05, 0) is 147 Å². The first kappa shape index (κ1) is 50.6. The van der Waals surface area contributed by atoms with Crippen molar-refractivity contribution in [2.45, 2.75) is 75.4 Å². The molecule has 0 aliphatic heterocycles. The summed E-state index contributed by atoms with van der Waals surface area (Å²) in [6, 6.07) is 43.8. The Hall–Kier alpha value is -9.52. The number of nitrogen functional groups attached to an aromatic ring is 2. The fourth-order valence-corrected chi connectivity index (χ4v) is 10.7. The molecule has 8 N–H and O–H groups in total. The van der Waals surface area contributed by atoms with Crippen molar-refractivity contribution >= 4 is 45.9 Å². The second-order valence-corrected chi connectivity index (χ2v) is 19.7. The number of aromatic nitrogens is 8. The van der Waals surface area contributed by atoms with Crippen LogP contribution in [0.3, 0.4) is 0 Å². The van der Waals surface area contributed by atoms with E-state index in [1.165, 1.54) is 33.9 Å². The number of nitrogens with two attached hydrogens (primary N) is 2. The van der Waals surface area contributed by atoms with Gasteiger partial charge in [-0.3, -0.25) is 28.3 Å². The Labute approximate surface area is 447 Å². The van der Waals surface area contributed by atoms with E-state index in [2.05, 4.69) is 42.9 Å². The van der Waals surface area contributed by atoms with Gasteiger partial charge < -0.3 is 32.3 Å². The molecule has 392 valence electrons. The molecule has 0 spiro atoms. The Kier molecular flexibility index (Phi) is 14.3. The minimum Gasteiger partial charge on any atom is -0.393 e. The summed E-state index contributed by atoms with van der Waals surface area (Å²) in [5.41, 5.74) is 21.6. The number of para-hydroxylation sites is 2. The van der Waals surface area contributed by atoms with Crippen molar-refractivity contribution in [3.05, 3.63) is 214 Å². The summed E-state index contributed by atoms with van der Waals surface area (Å²) in [7, 11) is 0. The lowest BCUT2D eigenvalue weighted by Crippen LogP contribution is -2.27. The van der Waals surface area contributed by atoms with Crippen molar-refractivity contribution in [2.24, 2.45) is 0 Å². The number of amides is 2. The highest BCUT2D eigenvalue weighted by molar-refractivity contribution is 6.05. The number of pyridine rings is 2. The van der Waals surface area contributed by atoms with Gasteiger partial charge in [-0.15, -0.1) is 0 Å². The summed E-state index contributed by atoms with van der Waals surface area (Å²) >= 11 is 0. The summed E-state index contributed by atoms with van der Waals surface area (Å²) < 4.78 is 6.63. The van der Waals surface area contributed by atoms with Crippen LogP contribution in [0.25, 0.3) is 44.7 Å². The predicted octanol–water partition coefficient (Wildman–Crippen LogP) is 8.80. The van der Waals surface area contributed by atoms with Crippen molar-refractivity contribution in [1.29, 1.82) is 0 Å². The van der Waals surface area contributed by atoms with E-state index < -0.39 is 22.9 Å². The van der Waals surface area contributed by atoms with Crippen molar-refractivity contribution in [3.63, 3.8) is 0 Å². The number of hydrogen-bond acceptors (Lipinski definition) is 12. The lowest BCUT2D eigenvalue weighted by molar-refractivity contribution is 0.101. The quantitative estimate of drug-likeness (QED) is 0.0751. The van der Waals surface area contributed by atoms with Gasteiger partial charge >= 0.3 is 0 Å². The van der Waals surface area contributed by atoms with E-state index in [1.54, 1.807) is 48.8 Å². The number of nitrogens with zero attached hydrogens (tertiary/aromatic N) is 8. The molecule has 0 atom stereocenters. The van der Waals surface area contributed by atoms with Crippen LogP contribution in [-0.2, 0) is 0 Å². The predicted molar refractivity (Wildman–Crippen MR) is 300 cm³/mol. The number of benzene rings is 4. The SMILES string of the molecule is Nc1ncnn2c(C3CCC(O)CC3)cc(-c3ccc(NC(=O)c4cccn(-c5ccccc5)c4=O)cc3)c12.Nc1ncnn2c(C3CCC(O)CC3)cc(-c3ccc(NC(=O)c4cccn(-c5ccccc5)c4=O)cc3)c12. The highest BCUT2D eigenvalue weighted by Gasteiger charge is 2.28. The van der Waals surface area contributed by atoms with E-state index in [0.29, 0.717) is 34.4 Å². The molecule has 0 saturated heterocycles. The van der Waals surface area contributed by atoms with Gasteiger partial charge in [0.1, 0.15) is 34.8 Å². The third-order valence-electron chi connectivity index (χ3n) is 14.8. The van der Waals surface area contributed by atoms with Gasteiger partial charge in [0, 0.05) is 69.5 Å². The van der Waals surface area contributed by atoms with E-state index >= 15 is 0 Å². The van der Waals surface area contributed by atoms with Crippen LogP contribution in [0.4, 0.5) is 23.0 Å². The number of anilines is 4. The minimum atomic E-state index is -0.480. The molecule has 6 heterocycles. The van der Waals surface area contributed by atoms with Crippen LogP contribution in [0.2, 0.25) is 0 Å². The van der Waals surface area contributed by atoms with Gasteiger partial charge in [0.05, 0.1) is 12.2 Å². The second-order valence-electron chi connectivity index (χ2n) is 19.7. The summed E-state index contributed by atoms with van der Waals surface area (Å²) in [6.45, 7) is 0. The van der Waals surface area contributed by atoms with E-state index in [9.17, 15) is 29.4 Å². The molecule has 78 heavy (non-hydrogen) atoms. The molecule has 0 bridgehead atoms. The first-order chi connectivity index (χ1) is 38.0. The highest BCUT2D eigenvalue weighted by Crippen LogP contribution is 2.41. The molecular weight excluding hydrogens is 985 g/mol. The van der Waals surface area contributed by atoms with Gasteiger partial charge in [-0.1, -0.05) is 60.7 Å². The number of rotatable bonds is 10. The topological polar surface area (TPSA) is 255 Å². The van der Waals surface area contributed by atoms with Crippen molar-refractivity contribution in [1.82, 2.24) is 38.3 Å². The van der Waals surface area contributed by atoms with E-state index in [-0.39, 0.29) is 35.2 Å². The molecule has 6 aromatic heterocycles. The Morgan fingerprint density at radius 3 is 1.23 bits per heavy atom. The third kappa shape index (κ3) is 10.3. The number of aliphatic hydroxyl groups excluding tert-OH is 2.